The van der Waals surface area contributed by atoms with Gasteiger partial charge in [0, 0.05) is 27.0 Å². The van der Waals surface area contributed by atoms with Crippen LogP contribution in [0.25, 0.3) is 6.08 Å². The molecule has 0 aromatic heterocycles. The third-order valence-corrected chi connectivity index (χ3v) is 9.42. The summed E-state index contributed by atoms with van der Waals surface area (Å²) in [5, 5.41) is 3.06. The Hall–Kier alpha value is -4.69. The van der Waals surface area contributed by atoms with Gasteiger partial charge in [0.25, 0.3) is 0 Å². The van der Waals surface area contributed by atoms with Gasteiger partial charge >= 0.3 is 0 Å². The number of fused-ring (bicyclic) bond motifs is 6. The zero-order chi connectivity index (χ0) is 29.9. The van der Waals surface area contributed by atoms with Gasteiger partial charge in [-0.2, -0.15) is 0 Å². The number of ketones is 2. The molecule has 0 saturated carbocycles. The number of amides is 1. The van der Waals surface area contributed by atoms with Crippen LogP contribution in [-0.2, 0) is 10.2 Å². The number of carbonyl (C=O) groups is 3. The fourth-order valence-electron chi connectivity index (χ4n) is 7.07. The van der Waals surface area contributed by atoms with E-state index < -0.39 is 23.4 Å². The molecule has 0 bridgehead atoms. The van der Waals surface area contributed by atoms with Crippen molar-refractivity contribution in [2.45, 2.75) is 17.5 Å². The highest BCUT2D eigenvalue weighted by molar-refractivity contribution is 9.10. The van der Waals surface area contributed by atoms with Crippen molar-refractivity contribution in [3.8, 4) is 11.5 Å². The highest BCUT2D eigenvalue weighted by Gasteiger charge is 2.70. The number of carbonyl (C=O) groups excluding carboxylic acids is 3. The van der Waals surface area contributed by atoms with Gasteiger partial charge in [0.1, 0.15) is 11.5 Å². The van der Waals surface area contributed by atoms with E-state index in [1.54, 1.807) is 42.5 Å². The highest BCUT2D eigenvalue weighted by Crippen LogP contribution is 2.58. The number of rotatable bonds is 6. The maximum atomic E-state index is 14.9. The zero-order valence-electron chi connectivity index (χ0n) is 23.4. The van der Waals surface area contributed by atoms with Crippen LogP contribution in [0.15, 0.2) is 102 Å². The first kappa shape index (κ1) is 27.2. The molecular weight excluding hydrogens is 608 g/mol. The van der Waals surface area contributed by atoms with Gasteiger partial charge in [-0.05, 0) is 53.6 Å². The molecule has 4 atom stereocenters. The van der Waals surface area contributed by atoms with Gasteiger partial charge in [0.2, 0.25) is 5.91 Å². The van der Waals surface area contributed by atoms with Crippen molar-refractivity contribution >= 4 is 50.9 Å². The van der Waals surface area contributed by atoms with Crippen molar-refractivity contribution in [2.75, 3.05) is 24.4 Å². The number of Topliss-reactive ketones (excluding diaryl/α,β-unsaturated/α-hetero) is 2. The molecule has 7 nitrogen and oxygen atoms in total. The molecule has 1 spiro atoms. The normalized spacial score (nSPS) is 22.9. The number of anilines is 2. The van der Waals surface area contributed by atoms with Crippen molar-refractivity contribution in [3.63, 3.8) is 0 Å². The molecule has 1 N–H and O–H groups in total. The molecule has 3 aliphatic heterocycles. The van der Waals surface area contributed by atoms with Crippen LogP contribution >= 0.6 is 15.9 Å². The van der Waals surface area contributed by atoms with Crippen molar-refractivity contribution in [1.82, 2.24) is 0 Å². The Bertz CT molecular complexity index is 1830. The molecule has 1 saturated heterocycles. The van der Waals surface area contributed by atoms with Crippen LogP contribution in [0.4, 0.5) is 11.4 Å². The molecule has 7 rings (SSSR count). The van der Waals surface area contributed by atoms with Gasteiger partial charge < -0.3 is 19.7 Å². The van der Waals surface area contributed by atoms with Gasteiger partial charge in [-0.1, -0.05) is 76.6 Å². The van der Waals surface area contributed by atoms with Crippen LogP contribution in [0.5, 0.6) is 11.5 Å². The summed E-state index contributed by atoms with van der Waals surface area (Å²) in [5.74, 6) is -1.04. The average molecular weight is 636 g/mol. The molecule has 0 radical (unpaired) electrons. The molecule has 0 unspecified atom stereocenters. The molecular formula is C35H27BrN2O5. The Morgan fingerprint density at radius 2 is 1.53 bits per heavy atom. The second-order valence-electron chi connectivity index (χ2n) is 10.9. The predicted octanol–water partition coefficient (Wildman–Crippen LogP) is 6.32. The van der Waals surface area contributed by atoms with Gasteiger partial charge in [-0.25, -0.2) is 0 Å². The average Bonchev–Trinajstić information content (AvgIpc) is 3.52. The monoisotopic (exact) mass is 634 g/mol. The van der Waals surface area contributed by atoms with Crippen LogP contribution in [0.1, 0.15) is 31.8 Å². The van der Waals surface area contributed by atoms with E-state index in [4.69, 9.17) is 9.47 Å². The smallest absolute Gasteiger partial charge is 0.238 e. The SMILES string of the molecule is COc1ccc(C(=O)[C@@H]2[C@H](C(=O)c3ccc(Br)cc3)[C@]3(C(=O)Nc4ccccc43)[C@H]3C=Cc4ccccc4N23)cc1OC. The number of hydrogen-bond acceptors (Lipinski definition) is 6. The topological polar surface area (TPSA) is 84.9 Å². The fraction of sp³-hybridized carbons (Fsp3) is 0.171. The molecule has 8 heteroatoms. The summed E-state index contributed by atoms with van der Waals surface area (Å²) in [4.78, 5) is 46.2. The van der Waals surface area contributed by atoms with E-state index in [1.807, 2.05) is 65.6 Å². The van der Waals surface area contributed by atoms with Crippen LogP contribution in [0.3, 0.4) is 0 Å². The molecule has 43 heavy (non-hydrogen) atoms. The van der Waals surface area contributed by atoms with Crippen LogP contribution < -0.4 is 19.7 Å². The number of para-hydroxylation sites is 2. The second-order valence-corrected chi connectivity index (χ2v) is 11.8. The number of nitrogens with one attached hydrogen (secondary N) is 1. The molecule has 1 amide bonds. The standard InChI is InChI=1S/C35H27BrN2O5/c1-42-27-17-13-22(19-28(27)43-2)33(40)31-30(32(39)21-11-15-23(36)16-12-21)35(24-8-4-5-9-25(24)37-34(35)41)29-18-14-20-7-3-6-10-26(20)38(29)31/h3-19,29-31H,1-2H3,(H,37,41)/t29-,30-,31+,35-/m1/s1. The van der Waals surface area contributed by atoms with Crippen molar-refractivity contribution < 1.29 is 23.9 Å². The van der Waals surface area contributed by atoms with E-state index in [1.165, 1.54) is 14.2 Å². The van der Waals surface area contributed by atoms with Crippen molar-refractivity contribution in [2.24, 2.45) is 5.92 Å². The lowest BCUT2D eigenvalue weighted by molar-refractivity contribution is -0.121. The predicted molar refractivity (Wildman–Crippen MR) is 168 cm³/mol. The van der Waals surface area contributed by atoms with E-state index in [-0.39, 0.29) is 17.5 Å². The van der Waals surface area contributed by atoms with Crippen LogP contribution in [-0.4, -0.2) is 43.8 Å². The Morgan fingerprint density at radius 1 is 0.837 bits per heavy atom. The molecule has 0 aliphatic carbocycles. The van der Waals surface area contributed by atoms with E-state index in [0.717, 1.165) is 15.7 Å². The summed E-state index contributed by atoms with van der Waals surface area (Å²) in [7, 11) is 3.04. The van der Waals surface area contributed by atoms with Gasteiger partial charge in [0.05, 0.1) is 26.2 Å². The lowest BCUT2D eigenvalue weighted by Gasteiger charge is -2.37. The Morgan fingerprint density at radius 3 is 2.30 bits per heavy atom. The second kappa shape index (κ2) is 10.2. The Labute approximate surface area is 257 Å². The molecule has 1 fully saturated rings. The minimum Gasteiger partial charge on any atom is -0.493 e. The maximum absolute atomic E-state index is 14.9. The molecule has 3 heterocycles. The first-order chi connectivity index (χ1) is 20.9. The number of ether oxygens (including phenoxy) is 2. The zero-order valence-corrected chi connectivity index (χ0v) is 25.0. The third kappa shape index (κ3) is 3.89. The first-order valence-electron chi connectivity index (χ1n) is 13.9. The summed E-state index contributed by atoms with van der Waals surface area (Å²) >= 11 is 3.46. The first-order valence-corrected chi connectivity index (χ1v) is 14.7. The summed E-state index contributed by atoms with van der Waals surface area (Å²) in [5.41, 5.74) is 2.45. The summed E-state index contributed by atoms with van der Waals surface area (Å²) < 4.78 is 11.8. The molecule has 4 aromatic carbocycles. The summed E-state index contributed by atoms with van der Waals surface area (Å²) in [6.07, 6.45) is 3.95. The van der Waals surface area contributed by atoms with E-state index in [0.29, 0.717) is 33.9 Å². The Balaban J connectivity index is 1.52. The van der Waals surface area contributed by atoms with Crippen molar-refractivity contribution in [1.29, 1.82) is 0 Å². The number of methoxy groups -OCH3 is 2. The quantitative estimate of drug-likeness (QED) is 0.250. The highest BCUT2D eigenvalue weighted by atomic mass is 79.9. The number of benzene rings is 4. The number of nitrogens with zero attached hydrogens (tertiary/aromatic N) is 1. The van der Waals surface area contributed by atoms with E-state index >= 15 is 0 Å². The lowest BCUT2D eigenvalue weighted by atomic mass is 9.64. The van der Waals surface area contributed by atoms with Gasteiger partial charge in [-0.15, -0.1) is 0 Å². The minimum atomic E-state index is -1.37. The number of hydrogen-bond donors (Lipinski definition) is 1. The van der Waals surface area contributed by atoms with E-state index in [9.17, 15) is 14.4 Å². The fourth-order valence-corrected chi connectivity index (χ4v) is 7.34. The lowest BCUT2D eigenvalue weighted by Crippen LogP contribution is -2.51. The molecule has 214 valence electrons. The van der Waals surface area contributed by atoms with Gasteiger partial charge in [-0.3, -0.25) is 14.4 Å². The van der Waals surface area contributed by atoms with Crippen LogP contribution in [0.2, 0.25) is 0 Å². The van der Waals surface area contributed by atoms with Gasteiger partial charge in [0.15, 0.2) is 23.1 Å². The summed E-state index contributed by atoms with van der Waals surface area (Å²) in [6.45, 7) is 0. The van der Waals surface area contributed by atoms with E-state index in [2.05, 4.69) is 21.2 Å². The maximum Gasteiger partial charge on any atom is 0.238 e. The van der Waals surface area contributed by atoms with Crippen LogP contribution in [0, 0.1) is 5.92 Å². The minimum absolute atomic E-state index is 0.279. The largest absolute Gasteiger partial charge is 0.493 e. The molecule has 3 aliphatic rings. The Kier molecular flexibility index (Phi) is 6.47. The summed E-state index contributed by atoms with van der Waals surface area (Å²) in [6, 6.07) is 25.7. The molecule has 4 aromatic rings. The number of halogens is 1. The van der Waals surface area contributed by atoms with Crippen molar-refractivity contribution in [3.05, 3.63) is 124 Å². The third-order valence-electron chi connectivity index (χ3n) is 8.89.